The molecule has 0 bridgehead atoms. The van der Waals surface area contributed by atoms with E-state index in [1.54, 1.807) is 0 Å². The molecule has 0 saturated carbocycles. The summed E-state index contributed by atoms with van der Waals surface area (Å²) in [4.78, 5) is 2.45. The largest absolute Gasteiger partial charge is 0.310 e. The van der Waals surface area contributed by atoms with Crippen LogP contribution in [0.25, 0.3) is 53.6 Å². The molecule has 1 aliphatic rings. The second-order valence-electron chi connectivity index (χ2n) is 12.9. The molecule has 47 heavy (non-hydrogen) atoms. The van der Waals surface area contributed by atoms with Gasteiger partial charge in [-0.1, -0.05) is 135 Å². The maximum atomic E-state index is 2.45. The molecule has 1 heterocycles. The number of rotatable bonds is 5. The van der Waals surface area contributed by atoms with Crippen LogP contribution in [0.4, 0.5) is 17.1 Å². The van der Waals surface area contributed by atoms with Gasteiger partial charge in [0.05, 0.1) is 5.69 Å². The van der Waals surface area contributed by atoms with E-state index in [2.05, 4.69) is 183 Å². The van der Waals surface area contributed by atoms with Crippen molar-refractivity contribution in [1.29, 1.82) is 0 Å². The van der Waals surface area contributed by atoms with Gasteiger partial charge in [-0.2, -0.15) is 0 Å². The zero-order chi connectivity index (χ0) is 31.5. The Morgan fingerprint density at radius 1 is 0.447 bits per heavy atom. The molecule has 0 fully saturated rings. The van der Waals surface area contributed by atoms with E-state index in [0.717, 1.165) is 17.1 Å². The maximum absolute atomic E-state index is 2.45. The summed E-state index contributed by atoms with van der Waals surface area (Å²) in [5, 5.41) is 2.60. The number of hydrogen-bond donors (Lipinski definition) is 0. The van der Waals surface area contributed by atoms with Crippen molar-refractivity contribution in [2.45, 2.75) is 19.3 Å². The molecule has 0 radical (unpaired) electrons. The molecule has 0 atom stereocenters. The van der Waals surface area contributed by atoms with Gasteiger partial charge in [-0.15, -0.1) is 11.3 Å². The molecule has 1 aromatic heterocycles. The van der Waals surface area contributed by atoms with E-state index >= 15 is 0 Å². The van der Waals surface area contributed by atoms with Gasteiger partial charge in [0.15, 0.2) is 0 Å². The summed E-state index contributed by atoms with van der Waals surface area (Å²) in [6, 6.07) is 60.1. The number of anilines is 3. The standard InChI is InChI=1S/C45H33NS/c1-45(2)39-19-9-6-17-37(39)44-36(18-12-20-40(44)45)34-15-7-10-21-41(34)46(32-25-23-31(24-26-32)30-13-4-3-5-14-30)33-27-28-43-38(29-33)35-16-8-11-22-42(35)47-43/h3-29H,1-2H3. The van der Waals surface area contributed by atoms with Gasteiger partial charge in [-0.05, 0) is 81.4 Å². The Morgan fingerprint density at radius 3 is 1.91 bits per heavy atom. The Bertz CT molecular complexity index is 2430. The number of para-hydroxylation sites is 1. The van der Waals surface area contributed by atoms with Crippen LogP contribution in [-0.2, 0) is 5.41 Å². The third-order valence-corrected chi connectivity index (χ3v) is 11.0. The number of nitrogens with zero attached hydrogens (tertiary/aromatic N) is 1. The third-order valence-electron chi connectivity index (χ3n) is 9.89. The lowest BCUT2D eigenvalue weighted by molar-refractivity contribution is 0.660. The van der Waals surface area contributed by atoms with Crippen LogP contribution in [-0.4, -0.2) is 0 Å². The average Bonchev–Trinajstić information content (AvgIpc) is 3.61. The highest BCUT2D eigenvalue weighted by atomic mass is 32.1. The van der Waals surface area contributed by atoms with E-state index in [1.165, 1.54) is 64.7 Å². The van der Waals surface area contributed by atoms with E-state index in [4.69, 9.17) is 0 Å². The first kappa shape index (κ1) is 27.8. The molecule has 0 saturated heterocycles. The van der Waals surface area contributed by atoms with Crippen LogP contribution in [0.1, 0.15) is 25.0 Å². The fourth-order valence-electron chi connectivity index (χ4n) is 7.59. The van der Waals surface area contributed by atoms with Crippen molar-refractivity contribution < 1.29 is 0 Å². The molecule has 0 N–H and O–H groups in total. The molecule has 1 nitrogen and oxygen atoms in total. The SMILES string of the molecule is CC1(C)c2ccccc2-c2c(-c3ccccc3N(c3ccc(-c4ccccc4)cc3)c3ccc4sc5ccccc5c4c3)cccc21. The van der Waals surface area contributed by atoms with Crippen molar-refractivity contribution >= 4 is 48.6 Å². The van der Waals surface area contributed by atoms with Crippen LogP contribution in [0.15, 0.2) is 164 Å². The van der Waals surface area contributed by atoms with Crippen LogP contribution >= 0.6 is 11.3 Å². The lowest BCUT2D eigenvalue weighted by atomic mass is 9.82. The molecule has 2 heteroatoms. The molecule has 9 rings (SSSR count). The average molecular weight is 620 g/mol. The van der Waals surface area contributed by atoms with Crippen LogP contribution in [0, 0.1) is 0 Å². The first-order valence-corrected chi connectivity index (χ1v) is 17.1. The van der Waals surface area contributed by atoms with Crippen molar-refractivity contribution in [3.63, 3.8) is 0 Å². The van der Waals surface area contributed by atoms with Crippen LogP contribution in [0.2, 0.25) is 0 Å². The van der Waals surface area contributed by atoms with E-state index in [9.17, 15) is 0 Å². The Hall–Kier alpha value is -5.44. The smallest absolute Gasteiger partial charge is 0.0540 e. The van der Waals surface area contributed by atoms with Crippen LogP contribution in [0.3, 0.4) is 0 Å². The summed E-state index contributed by atoms with van der Waals surface area (Å²) in [7, 11) is 0. The van der Waals surface area contributed by atoms with Crippen molar-refractivity contribution in [1.82, 2.24) is 0 Å². The predicted octanol–water partition coefficient (Wildman–Crippen LogP) is 13.2. The van der Waals surface area contributed by atoms with Crippen molar-refractivity contribution in [2.75, 3.05) is 4.90 Å². The highest BCUT2D eigenvalue weighted by Gasteiger charge is 2.37. The van der Waals surface area contributed by atoms with Gasteiger partial charge >= 0.3 is 0 Å². The van der Waals surface area contributed by atoms with Crippen molar-refractivity contribution in [3.8, 4) is 33.4 Å². The Labute approximate surface area is 280 Å². The van der Waals surface area contributed by atoms with Gasteiger partial charge < -0.3 is 4.90 Å². The van der Waals surface area contributed by atoms with Crippen LogP contribution < -0.4 is 4.90 Å². The molecule has 0 spiro atoms. The van der Waals surface area contributed by atoms with Gasteiger partial charge in [-0.3, -0.25) is 0 Å². The fraction of sp³-hybridized carbons (Fsp3) is 0.0667. The Kier molecular flexibility index (Phi) is 6.41. The minimum Gasteiger partial charge on any atom is -0.310 e. The minimum absolute atomic E-state index is 0.0606. The van der Waals surface area contributed by atoms with Gasteiger partial charge in [0.25, 0.3) is 0 Å². The topological polar surface area (TPSA) is 3.24 Å². The molecule has 7 aromatic carbocycles. The second kappa shape index (κ2) is 10.8. The molecule has 8 aromatic rings. The molecule has 0 amide bonds. The summed E-state index contributed by atoms with van der Waals surface area (Å²) in [6.07, 6.45) is 0. The van der Waals surface area contributed by atoms with Gasteiger partial charge in [0.2, 0.25) is 0 Å². The van der Waals surface area contributed by atoms with Gasteiger partial charge in [-0.25, -0.2) is 0 Å². The minimum atomic E-state index is -0.0606. The molecule has 224 valence electrons. The normalized spacial score (nSPS) is 13.1. The number of fused-ring (bicyclic) bond motifs is 6. The number of hydrogen-bond acceptors (Lipinski definition) is 2. The number of thiophene rings is 1. The molecule has 1 aliphatic carbocycles. The monoisotopic (exact) mass is 619 g/mol. The molecule has 0 aliphatic heterocycles. The van der Waals surface area contributed by atoms with E-state index < -0.39 is 0 Å². The van der Waals surface area contributed by atoms with E-state index in [-0.39, 0.29) is 5.41 Å². The molecule has 0 unspecified atom stereocenters. The third kappa shape index (κ3) is 4.44. The predicted molar refractivity (Wildman–Crippen MR) is 202 cm³/mol. The summed E-state index contributed by atoms with van der Waals surface area (Å²) < 4.78 is 2.63. The first-order valence-electron chi connectivity index (χ1n) is 16.3. The Balaban J connectivity index is 1.28. The fourth-order valence-corrected chi connectivity index (χ4v) is 8.68. The summed E-state index contributed by atoms with van der Waals surface area (Å²) >= 11 is 1.86. The van der Waals surface area contributed by atoms with Crippen LogP contribution in [0.5, 0.6) is 0 Å². The summed E-state index contributed by atoms with van der Waals surface area (Å²) in [5.74, 6) is 0. The quantitative estimate of drug-likeness (QED) is 0.185. The second-order valence-corrected chi connectivity index (χ2v) is 14.0. The highest BCUT2D eigenvalue weighted by molar-refractivity contribution is 7.25. The first-order chi connectivity index (χ1) is 23.1. The summed E-state index contributed by atoms with van der Waals surface area (Å²) in [5.41, 5.74) is 13.8. The van der Waals surface area contributed by atoms with Crippen molar-refractivity contribution in [2.24, 2.45) is 0 Å². The zero-order valence-electron chi connectivity index (χ0n) is 26.4. The lowest BCUT2D eigenvalue weighted by Crippen LogP contribution is -2.14. The lowest BCUT2D eigenvalue weighted by Gasteiger charge is -2.29. The Morgan fingerprint density at radius 2 is 1.06 bits per heavy atom. The maximum Gasteiger partial charge on any atom is 0.0540 e. The van der Waals surface area contributed by atoms with Gasteiger partial charge in [0.1, 0.15) is 0 Å². The number of benzene rings is 7. The molecular weight excluding hydrogens is 587 g/mol. The van der Waals surface area contributed by atoms with E-state index in [1.807, 2.05) is 11.3 Å². The van der Waals surface area contributed by atoms with Crippen molar-refractivity contribution in [3.05, 3.63) is 175 Å². The zero-order valence-corrected chi connectivity index (χ0v) is 27.3. The molecular formula is C45H33NS. The van der Waals surface area contributed by atoms with E-state index in [0.29, 0.717) is 0 Å². The summed E-state index contributed by atoms with van der Waals surface area (Å²) in [6.45, 7) is 4.71. The highest BCUT2D eigenvalue weighted by Crippen LogP contribution is 2.54. The van der Waals surface area contributed by atoms with Gasteiger partial charge in [0, 0.05) is 42.5 Å².